The lowest BCUT2D eigenvalue weighted by Gasteiger charge is -2.17. The highest BCUT2D eigenvalue weighted by Crippen LogP contribution is 2.25. The first-order valence-electron chi connectivity index (χ1n) is 25.8. The molecule has 54 heavy (non-hydrogen) atoms. The summed E-state index contributed by atoms with van der Waals surface area (Å²) >= 11 is 0. The Balaban J connectivity index is 0. The average molecular weight is 783 g/mol. The third-order valence-electron chi connectivity index (χ3n) is 12.6. The van der Waals surface area contributed by atoms with Crippen LogP contribution in [0.1, 0.15) is 309 Å². The van der Waals surface area contributed by atoms with Crippen LogP contribution in [0.3, 0.4) is 0 Å². The van der Waals surface area contributed by atoms with E-state index in [9.17, 15) is 0 Å². The molecule has 0 saturated carbocycles. The lowest BCUT2D eigenvalue weighted by molar-refractivity contribution is 0.365. The summed E-state index contributed by atoms with van der Waals surface area (Å²) < 4.78 is 0. The van der Waals surface area contributed by atoms with Crippen LogP contribution in [0.5, 0.6) is 0 Å². The number of rotatable bonds is 48. The number of nitrogens with zero attached hydrogens (tertiary/aromatic N) is 1. The van der Waals surface area contributed by atoms with Gasteiger partial charge in [0.15, 0.2) is 0 Å². The fraction of sp³-hybridized carbons (Fsp3) is 1.00. The van der Waals surface area contributed by atoms with E-state index in [2.05, 4.69) is 32.8 Å². The molecule has 0 aromatic rings. The van der Waals surface area contributed by atoms with Crippen molar-refractivity contribution < 1.29 is 0 Å². The van der Waals surface area contributed by atoms with Crippen molar-refractivity contribution >= 4 is 12.4 Å². The molecule has 0 aliphatic carbocycles. The van der Waals surface area contributed by atoms with Gasteiger partial charge in [-0.2, -0.15) is 0 Å². The van der Waals surface area contributed by atoms with Gasteiger partial charge in [-0.15, -0.1) is 12.4 Å². The molecule has 0 amide bonds. The highest BCUT2D eigenvalue weighted by atomic mass is 35.5. The minimum Gasteiger partial charge on any atom is -0.309 e. The van der Waals surface area contributed by atoms with Crippen LogP contribution in [0, 0.1) is 5.92 Å². The van der Waals surface area contributed by atoms with E-state index in [0.717, 1.165) is 5.92 Å². The normalized spacial score (nSPS) is 11.7. The molecular formula is C52H108ClN. The Morgan fingerprint density at radius 1 is 0.241 bits per heavy atom. The van der Waals surface area contributed by atoms with Crippen LogP contribution < -0.4 is 0 Å². The Morgan fingerprint density at radius 2 is 0.407 bits per heavy atom. The molecule has 0 radical (unpaired) electrons. The van der Waals surface area contributed by atoms with Gasteiger partial charge in [0.1, 0.15) is 0 Å². The topological polar surface area (TPSA) is 3.24 Å². The van der Waals surface area contributed by atoms with Crippen LogP contribution in [0.2, 0.25) is 0 Å². The number of hydrogen-bond acceptors (Lipinski definition) is 1. The van der Waals surface area contributed by atoms with Gasteiger partial charge in [0.05, 0.1) is 0 Å². The molecule has 0 aliphatic heterocycles. The van der Waals surface area contributed by atoms with Crippen LogP contribution in [0.4, 0.5) is 0 Å². The van der Waals surface area contributed by atoms with E-state index in [-0.39, 0.29) is 12.4 Å². The first-order chi connectivity index (χ1) is 26.2. The maximum Gasteiger partial charge on any atom is -0.00248 e. The van der Waals surface area contributed by atoms with Gasteiger partial charge in [0.2, 0.25) is 0 Å². The van der Waals surface area contributed by atoms with Gasteiger partial charge in [0.25, 0.3) is 0 Å². The van der Waals surface area contributed by atoms with Crippen LogP contribution in [0.25, 0.3) is 0 Å². The standard InChI is InChI=1S/C52H107N.ClH/c1-5-7-9-11-13-15-17-19-24-28-32-36-40-44-48-52(49-45-41-37-33-29-25-20-18-16-14-12-10-8-6-2)50-46-42-38-34-30-26-22-21-23-27-31-35-39-43-47-51-53(3)4;/h52H,5-51H2,1-4H3;1H. The van der Waals surface area contributed by atoms with Gasteiger partial charge in [-0.05, 0) is 33.0 Å². The SMILES string of the molecule is CCCCCCCCCCCCCCCCC(CCCCCCCCCCCCCCCC)CCCCCCCCCCCCCCCCCN(C)C.Cl. The maximum atomic E-state index is 2.32. The largest absolute Gasteiger partial charge is 0.309 e. The predicted molar refractivity (Wildman–Crippen MR) is 253 cm³/mol. The lowest BCUT2D eigenvalue weighted by Crippen LogP contribution is -2.12. The van der Waals surface area contributed by atoms with Crippen molar-refractivity contribution in [1.29, 1.82) is 0 Å². The molecule has 0 heterocycles. The van der Waals surface area contributed by atoms with Gasteiger partial charge >= 0.3 is 0 Å². The van der Waals surface area contributed by atoms with E-state index >= 15 is 0 Å². The van der Waals surface area contributed by atoms with Crippen LogP contribution in [-0.4, -0.2) is 25.5 Å². The maximum absolute atomic E-state index is 2.32. The minimum atomic E-state index is 0. The Bertz CT molecular complexity index is 588. The lowest BCUT2D eigenvalue weighted by atomic mass is 9.89. The van der Waals surface area contributed by atoms with Gasteiger partial charge in [-0.1, -0.05) is 303 Å². The number of hydrogen-bond donors (Lipinski definition) is 0. The molecule has 0 N–H and O–H groups in total. The summed E-state index contributed by atoms with van der Waals surface area (Å²) in [4.78, 5) is 2.32. The Kier molecular flexibility index (Phi) is 53.5. The van der Waals surface area contributed by atoms with E-state index in [1.807, 2.05) is 0 Å². The fourth-order valence-electron chi connectivity index (χ4n) is 8.85. The third-order valence-corrected chi connectivity index (χ3v) is 12.6. The fourth-order valence-corrected chi connectivity index (χ4v) is 8.85. The summed E-state index contributed by atoms with van der Waals surface area (Å²) in [5, 5.41) is 0. The van der Waals surface area contributed by atoms with E-state index in [1.165, 1.54) is 302 Å². The smallest absolute Gasteiger partial charge is 0.00248 e. The average Bonchev–Trinajstić information content (AvgIpc) is 3.15. The van der Waals surface area contributed by atoms with Crippen molar-refractivity contribution in [3.63, 3.8) is 0 Å². The van der Waals surface area contributed by atoms with Crippen molar-refractivity contribution in [3.8, 4) is 0 Å². The highest BCUT2D eigenvalue weighted by Gasteiger charge is 2.09. The zero-order valence-electron chi connectivity index (χ0n) is 38.7. The highest BCUT2D eigenvalue weighted by molar-refractivity contribution is 5.85. The summed E-state index contributed by atoms with van der Waals surface area (Å²) in [5.74, 6) is 1.03. The Labute approximate surface area is 351 Å². The minimum absolute atomic E-state index is 0. The van der Waals surface area contributed by atoms with E-state index in [4.69, 9.17) is 0 Å². The van der Waals surface area contributed by atoms with Crippen LogP contribution in [-0.2, 0) is 0 Å². The molecule has 0 aliphatic rings. The van der Waals surface area contributed by atoms with Gasteiger partial charge < -0.3 is 4.90 Å². The van der Waals surface area contributed by atoms with Crippen LogP contribution in [0.15, 0.2) is 0 Å². The molecule has 0 fully saturated rings. The van der Waals surface area contributed by atoms with Crippen molar-refractivity contribution in [1.82, 2.24) is 4.90 Å². The zero-order chi connectivity index (χ0) is 38.4. The molecule has 0 aromatic heterocycles. The molecule has 328 valence electrons. The molecule has 0 bridgehead atoms. The second-order valence-corrected chi connectivity index (χ2v) is 18.5. The number of halogens is 1. The molecule has 1 nitrogen and oxygen atoms in total. The first-order valence-corrected chi connectivity index (χ1v) is 25.8. The van der Waals surface area contributed by atoms with Gasteiger partial charge in [-0.25, -0.2) is 0 Å². The molecule has 0 spiro atoms. The van der Waals surface area contributed by atoms with Crippen molar-refractivity contribution in [3.05, 3.63) is 0 Å². The van der Waals surface area contributed by atoms with E-state index < -0.39 is 0 Å². The van der Waals surface area contributed by atoms with E-state index in [0.29, 0.717) is 0 Å². The molecule has 0 saturated heterocycles. The zero-order valence-corrected chi connectivity index (χ0v) is 39.5. The third kappa shape index (κ3) is 50.3. The quantitative estimate of drug-likeness (QED) is 0.0556. The molecule has 2 heteroatoms. The summed E-state index contributed by atoms with van der Waals surface area (Å²) in [7, 11) is 4.39. The molecule has 0 rings (SSSR count). The molecule has 0 atom stereocenters. The molecule has 0 aromatic carbocycles. The van der Waals surface area contributed by atoms with Gasteiger partial charge in [0, 0.05) is 0 Å². The Hall–Kier alpha value is 0.250. The van der Waals surface area contributed by atoms with Crippen LogP contribution >= 0.6 is 12.4 Å². The van der Waals surface area contributed by atoms with Crippen molar-refractivity contribution in [2.75, 3.05) is 20.6 Å². The predicted octanol–water partition coefficient (Wildman–Crippen LogP) is 19.6. The van der Waals surface area contributed by atoms with E-state index in [1.54, 1.807) is 0 Å². The second kappa shape index (κ2) is 51.3. The number of unbranched alkanes of at least 4 members (excludes halogenated alkanes) is 40. The summed E-state index contributed by atoms with van der Waals surface area (Å²) in [6.07, 6.45) is 68.2. The Morgan fingerprint density at radius 3 is 0.593 bits per heavy atom. The van der Waals surface area contributed by atoms with Gasteiger partial charge in [-0.3, -0.25) is 0 Å². The molecular weight excluding hydrogens is 674 g/mol. The summed E-state index contributed by atoms with van der Waals surface area (Å²) in [6.45, 7) is 5.91. The van der Waals surface area contributed by atoms with Crippen molar-refractivity contribution in [2.24, 2.45) is 5.92 Å². The summed E-state index contributed by atoms with van der Waals surface area (Å²) in [6, 6.07) is 0. The monoisotopic (exact) mass is 782 g/mol. The second-order valence-electron chi connectivity index (χ2n) is 18.5. The first kappa shape index (κ1) is 56.3. The molecule has 0 unspecified atom stereocenters. The van der Waals surface area contributed by atoms with Crippen molar-refractivity contribution in [2.45, 2.75) is 309 Å². The summed E-state index contributed by atoms with van der Waals surface area (Å²) in [5.41, 5.74) is 0.